The first kappa shape index (κ1) is 23.5. The first-order valence-corrected chi connectivity index (χ1v) is 13.1. The van der Waals surface area contributed by atoms with Gasteiger partial charge >= 0.3 is 8.80 Å². The van der Waals surface area contributed by atoms with Gasteiger partial charge in [-0.05, 0) is 48.9 Å². The number of rotatable bonds is 8. The van der Waals surface area contributed by atoms with E-state index < -0.39 is 8.80 Å². The summed E-state index contributed by atoms with van der Waals surface area (Å²) in [6, 6.07) is 13.1. The standard InChI is InChI=1S/C23H30N4O5Si/c1-29-22-6-3-20(4-7-22)25-26-21-5-8-23(28)19(17-21)18-24-9-2-16-33-30-13-10-27(11-14-31-33)12-15-32-33/h3-8,17-18,28H,2,9-16H2,1H3. The number of nitrogens with zero attached hydrogens (tertiary/aromatic N) is 4. The summed E-state index contributed by atoms with van der Waals surface area (Å²) in [5.41, 5.74) is 1.94. The molecule has 2 aromatic carbocycles. The Balaban J connectivity index is 1.31. The SMILES string of the molecule is COc1ccc(N=Nc2ccc(O)c(C=NCCC[Si]34OCCN(CCO3)CCO4)c2)cc1. The van der Waals surface area contributed by atoms with Crippen LogP contribution >= 0.6 is 0 Å². The highest BCUT2D eigenvalue weighted by atomic mass is 28.4. The molecule has 0 aliphatic carbocycles. The lowest BCUT2D eigenvalue weighted by atomic mass is 10.2. The van der Waals surface area contributed by atoms with Gasteiger partial charge in [-0.1, -0.05) is 0 Å². The van der Waals surface area contributed by atoms with Crippen LogP contribution in [-0.4, -0.2) is 78.1 Å². The fourth-order valence-corrected chi connectivity index (χ4v) is 6.17. The fourth-order valence-electron chi connectivity index (χ4n) is 3.69. The average molecular weight is 471 g/mol. The van der Waals surface area contributed by atoms with E-state index in [1.54, 1.807) is 31.5 Å². The third-order valence-corrected chi connectivity index (χ3v) is 8.45. The van der Waals surface area contributed by atoms with E-state index in [2.05, 4.69) is 20.1 Å². The van der Waals surface area contributed by atoms with Gasteiger partial charge in [0, 0.05) is 44.0 Å². The minimum absolute atomic E-state index is 0.148. The van der Waals surface area contributed by atoms with Crippen molar-refractivity contribution in [3.05, 3.63) is 48.0 Å². The molecule has 3 fully saturated rings. The molecule has 2 bridgehead atoms. The molecule has 9 nitrogen and oxygen atoms in total. The van der Waals surface area contributed by atoms with Crippen molar-refractivity contribution in [3.63, 3.8) is 0 Å². The number of fused-ring (bicyclic) bond motifs is 6. The van der Waals surface area contributed by atoms with Crippen LogP contribution in [0.15, 0.2) is 57.7 Å². The number of benzene rings is 2. The van der Waals surface area contributed by atoms with Gasteiger partial charge in [0.15, 0.2) is 0 Å². The predicted molar refractivity (Wildman–Crippen MR) is 127 cm³/mol. The Morgan fingerprint density at radius 3 is 2.27 bits per heavy atom. The van der Waals surface area contributed by atoms with Crippen molar-refractivity contribution in [2.24, 2.45) is 15.2 Å². The van der Waals surface area contributed by atoms with Crippen LogP contribution in [0, 0.1) is 0 Å². The topological polar surface area (TPSA) is 97.5 Å². The Kier molecular flexibility index (Phi) is 8.18. The molecule has 0 amide bonds. The lowest BCUT2D eigenvalue weighted by Gasteiger charge is -2.38. The second kappa shape index (κ2) is 11.5. The zero-order valence-electron chi connectivity index (χ0n) is 18.9. The number of methoxy groups -OCH3 is 1. The monoisotopic (exact) mass is 470 g/mol. The number of azo groups is 1. The van der Waals surface area contributed by atoms with E-state index >= 15 is 0 Å². The van der Waals surface area contributed by atoms with Crippen molar-refractivity contribution in [2.45, 2.75) is 12.5 Å². The lowest BCUT2D eigenvalue weighted by Crippen LogP contribution is -2.55. The van der Waals surface area contributed by atoms with E-state index in [4.69, 9.17) is 18.0 Å². The summed E-state index contributed by atoms with van der Waals surface area (Å²) < 4.78 is 23.3. The highest BCUT2D eigenvalue weighted by Crippen LogP contribution is 2.25. The maximum atomic E-state index is 10.2. The summed E-state index contributed by atoms with van der Waals surface area (Å²) in [5, 5.41) is 18.7. The third kappa shape index (κ3) is 6.68. The summed E-state index contributed by atoms with van der Waals surface area (Å²) in [7, 11) is -0.991. The van der Waals surface area contributed by atoms with Crippen molar-refractivity contribution in [3.8, 4) is 11.5 Å². The van der Waals surface area contributed by atoms with Gasteiger partial charge in [0.05, 0.1) is 38.3 Å². The van der Waals surface area contributed by atoms with E-state index in [-0.39, 0.29) is 5.75 Å². The number of hydrogen-bond acceptors (Lipinski definition) is 9. The molecule has 3 aliphatic heterocycles. The molecule has 0 unspecified atom stereocenters. The molecule has 33 heavy (non-hydrogen) atoms. The Morgan fingerprint density at radius 2 is 1.61 bits per heavy atom. The average Bonchev–Trinajstić information content (AvgIpc) is 2.79. The van der Waals surface area contributed by atoms with Gasteiger partial charge in [0.1, 0.15) is 11.5 Å². The molecule has 0 aromatic heterocycles. The highest BCUT2D eigenvalue weighted by Gasteiger charge is 2.43. The van der Waals surface area contributed by atoms with Gasteiger partial charge in [-0.2, -0.15) is 10.2 Å². The van der Waals surface area contributed by atoms with Crippen LogP contribution in [0.4, 0.5) is 11.4 Å². The normalized spacial score (nSPS) is 23.5. The number of aromatic hydroxyl groups is 1. The number of ether oxygens (including phenoxy) is 1. The van der Waals surface area contributed by atoms with Crippen molar-refractivity contribution >= 4 is 26.4 Å². The lowest BCUT2D eigenvalue weighted by molar-refractivity contribution is -0.00841. The first-order chi connectivity index (χ1) is 16.2. The van der Waals surface area contributed by atoms with Gasteiger partial charge in [-0.15, -0.1) is 0 Å². The number of aliphatic imine (C=N–C) groups is 1. The Morgan fingerprint density at radius 1 is 0.970 bits per heavy atom. The van der Waals surface area contributed by atoms with Crippen molar-refractivity contribution < 1.29 is 23.1 Å². The molecule has 3 heterocycles. The molecule has 5 rings (SSSR count). The van der Waals surface area contributed by atoms with Crippen LogP contribution in [0.2, 0.25) is 6.04 Å². The van der Waals surface area contributed by atoms with Crippen LogP contribution in [0.1, 0.15) is 12.0 Å². The Hall–Kier alpha value is -2.63. The molecule has 10 heteroatoms. The van der Waals surface area contributed by atoms with Crippen LogP contribution in [0.25, 0.3) is 0 Å². The number of phenols is 1. The van der Waals surface area contributed by atoms with E-state index in [0.717, 1.165) is 37.8 Å². The summed E-state index contributed by atoms with van der Waals surface area (Å²) in [4.78, 5) is 6.79. The summed E-state index contributed by atoms with van der Waals surface area (Å²) >= 11 is 0. The molecule has 1 N–H and O–H groups in total. The Bertz CT molecular complexity index is 943. The molecule has 3 aliphatic rings. The fraction of sp³-hybridized carbons (Fsp3) is 0.435. The quantitative estimate of drug-likeness (QED) is 0.272. The third-order valence-electron chi connectivity index (χ3n) is 5.55. The van der Waals surface area contributed by atoms with Crippen LogP contribution in [-0.2, 0) is 13.3 Å². The highest BCUT2D eigenvalue weighted by molar-refractivity contribution is 6.60. The molecule has 0 atom stereocenters. The van der Waals surface area contributed by atoms with Crippen molar-refractivity contribution in [2.75, 3.05) is 53.1 Å². The minimum Gasteiger partial charge on any atom is -0.507 e. The van der Waals surface area contributed by atoms with Crippen LogP contribution in [0.3, 0.4) is 0 Å². The summed E-state index contributed by atoms with van der Waals surface area (Å²) in [5.74, 6) is 0.912. The van der Waals surface area contributed by atoms with Crippen molar-refractivity contribution in [1.82, 2.24) is 4.90 Å². The second-order valence-corrected chi connectivity index (χ2v) is 10.6. The van der Waals surface area contributed by atoms with Gasteiger partial charge in [-0.3, -0.25) is 9.89 Å². The molecular formula is C23H30N4O5Si. The van der Waals surface area contributed by atoms with Crippen LogP contribution in [0.5, 0.6) is 11.5 Å². The molecule has 2 aromatic rings. The van der Waals surface area contributed by atoms with Crippen molar-refractivity contribution in [1.29, 1.82) is 0 Å². The smallest absolute Gasteiger partial charge is 0.501 e. The van der Waals surface area contributed by atoms with Crippen LogP contribution < -0.4 is 4.74 Å². The minimum atomic E-state index is -2.61. The van der Waals surface area contributed by atoms with Gasteiger partial charge < -0.3 is 23.1 Å². The number of hydrogen-bond donors (Lipinski definition) is 1. The summed E-state index contributed by atoms with van der Waals surface area (Å²) in [6.45, 7) is 5.36. The second-order valence-electron chi connectivity index (χ2n) is 7.85. The Labute approximate surface area is 195 Å². The first-order valence-electron chi connectivity index (χ1n) is 11.2. The van der Waals surface area contributed by atoms with E-state index in [0.29, 0.717) is 43.3 Å². The van der Waals surface area contributed by atoms with E-state index in [1.807, 2.05) is 24.3 Å². The molecule has 176 valence electrons. The van der Waals surface area contributed by atoms with Gasteiger partial charge in [0.2, 0.25) is 0 Å². The number of phenolic OH excluding ortho intramolecular Hbond substituents is 1. The van der Waals surface area contributed by atoms with Gasteiger partial charge in [0.25, 0.3) is 0 Å². The predicted octanol–water partition coefficient (Wildman–Crippen LogP) is 3.94. The maximum absolute atomic E-state index is 10.2. The zero-order chi connectivity index (χ0) is 22.9. The molecule has 3 saturated heterocycles. The zero-order valence-corrected chi connectivity index (χ0v) is 19.9. The maximum Gasteiger partial charge on any atom is 0.501 e. The molecule has 0 radical (unpaired) electrons. The summed E-state index contributed by atoms with van der Waals surface area (Å²) in [6.07, 6.45) is 2.46. The van der Waals surface area contributed by atoms with E-state index in [1.165, 1.54) is 0 Å². The molecule has 0 saturated carbocycles. The molecule has 0 spiro atoms. The van der Waals surface area contributed by atoms with E-state index in [9.17, 15) is 5.11 Å². The molecular weight excluding hydrogens is 440 g/mol. The largest absolute Gasteiger partial charge is 0.507 e. The van der Waals surface area contributed by atoms with Gasteiger partial charge in [-0.25, -0.2) is 0 Å².